The molecule has 21 heavy (non-hydrogen) atoms. The van der Waals surface area contributed by atoms with Crippen molar-refractivity contribution in [1.82, 2.24) is 9.97 Å². The van der Waals surface area contributed by atoms with Crippen molar-refractivity contribution in [2.24, 2.45) is 5.73 Å². The van der Waals surface area contributed by atoms with Crippen molar-refractivity contribution in [3.63, 3.8) is 0 Å². The predicted molar refractivity (Wildman–Crippen MR) is 92.2 cm³/mol. The maximum Gasteiger partial charge on any atom is 0.225 e. The molecule has 0 radical (unpaired) electrons. The highest BCUT2D eigenvalue weighted by molar-refractivity contribution is 7.18. The molecule has 0 aromatic carbocycles. The van der Waals surface area contributed by atoms with Gasteiger partial charge in [-0.2, -0.15) is 0 Å². The monoisotopic (exact) mass is 349 g/mol. The molecule has 0 bridgehead atoms. The molecule has 4 nitrogen and oxygen atoms in total. The van der Waals surface area contributed by atoms with Gasteiger partial charge in [0.15, 0.2) is 0 Å². The second-order valence-corrected chi connectivity index (χ2v) is 6.50. The highest BCUT2D eigenvalue weighted by atomic mass is 35.5. The molecular weight excluding hydrogens is 329 g/mol. The highest BCUT2D eigenvalue weighted by Crippen LogP contribution is 2.35. The van der Waals surface area contributed by atoms with Gasteiger partial charge in [-0.05, 0) is 45.1 Å². The minimum Gasteiger partial charge on any atom is -0.474 e. The van der Waals surface area contributed by atoms with Crippen molar-refractivity contribution in [2.45, 2.75) is 51.7 Å². The second kappa shape index (κ2) is 7.58. The Hall–Kier alpha value is -0.620. The first-order chi connectivity index (χ1) is 9.15. The Balaban J connectivity index is 0.00000110. The average molecular weight is 350 g/mol. The van der Waals surface area contributed by atoms with Gasteiger partial charge in [-0.15, -0.1) is 36.2 Å². The predicted octanol–water partition coefficient (Wildman–Crippen LogP) is 3.80. The van der Waals surface area contributed by atoms with E-state index in [0.717, 1.165) is 41.8 Å². The molecule has 2 N–H and O–H groups in total. The van der Waals surface area contributed by atoms with Gasteiger partial charge in [-0.3, -0.25) is 0 Å². The van der Waals surface area contributed by atoms with Crippen LogP contribution in [0.2, 0.25) is 0 Å². The Labute approximate surface area is 141 Å². The summed E-state index contributed by atoms with van der Waals surface area (Å²) in [4.78, 5) is 11.0. The molecule has 3 rings (SSSR count). The van der Waals surface area contributed by atoms with Crippen LogP contribution < -0.4 is 10.5 Å². The lowest BCUT2D eigenvalue weighted by atomic mass is 9.94. The number of hydrogen-bond donors (Lipinski definition) is 1. The molecule has 0 unspecified atom stereocenters. The zero-order chi connectivity index (χ0) is 13.4. The molecule has 7 heteroatoms. The summed E-state index contributed by atoms with van der Waals surface area (Å²) in [6.45, 7) is 4.23. The number of ether oxygens (including phenoxy) is 1. The van der Waals surface area contributed by atoms with Gasteiger partial charge < -0.3 is 10.5 Å². The molecule has 118 valence electrons. The Morgan fingerprint density at radius 2 is 1.81 bits per heavy atom. The normalized spacial score (nSPS) is 21.5. The molecule has 0 amide bonds. The minimum absolute atomic E-state index is 0. The van der Waals surface area contributed by atoms with E-state index in [4.69, 9.17) is 10.5 Å². The number of thiophene rings is 1. The van der Waals surface area contributed by atoms with E-state index in [2.05, 4.69) is 23.8 Å². The zero-order valence-electron chi connectivity index (χ0n) is 12.2. The number of hydrogen-bond acceptors (Lipinski definition) is 5. The van der Waals surface area contributed by atoms with Gasteiger partial charge in [0.05, 0.1) is 5.39 Å². The number of nitrogens with two attached hydrogens (primary N) is 1. The molecule has 0 aliphatic heterocycles. The van der Waals surface area contributed by atoms with E-state index in [9.17, 15) is 0 Å². The summed E-state index contributed by atoms with van der Waals surface area (Å²) in [7, 11) is 0. The van der Waals surface area contributed by atoms with Crippen LogP contribution >= 0.6 is 36.2 Å². The van der Waals surface area contributed by atoms with E-state index in [1.54, 1.807) is 17.7 Å². The van der Waals surface area contributed by atoms with Crippen LogP contribution in [0.15, 0.2) is 6.33 Å². The van der Waals surface area contributed by atoms with Crippen LogP contribution in [-0.2, 0) is 0 Å². The number of rotatable bonds is 2. The Morgan fingerprint density at radius 3 is 2.48 bits per heavy atom. The largest absolute Gasteiger partial charge is 0.474 e. The molecule has 2 heterocycles. The molecule has 2 aromatic rings. The first-order valence-electron chi connectivity index (χ1n) is 6.78. The summed E-state index contributed by atoms with van der Waals surface area (Å²) in [5, 5.41) is 1.08. The third kappa shape index (κ3) is 3.77. The maximum atomic E-state index is 6.11. The standard InChI is InChI=1S/C14H19N3OS.2ClH/c1-8-9(2)19-14-12(8)13(16-7-17-14)18-11-5-3-10(15)4-6-11;;/h7,10-11H,3-6,15H2,1-2H3;2*1H. The van der Waals surface area contributed by atoms with Crippen molar-refractivity contribution < 1.29 is 4.74 Å². The van der Waals surface area contributed by atoms with Gasteiger partial charge in [0.1, 0.15) is 17.3 Å². The van der Waals surface area contributed by atoms with E-state index in [1.165, 1.54) is 10.4 Å². The Bertz CT molecular complexity index is 597. The fourth-order valence-electron chi connectivity index (χ4n) is 2.60. The third-order valence-corrected chi connectivity index (χ3v) is 5.04. The Morgan fingerprint density at radius 1 is 1.14 bits per heavy atom. The van der Waals surface area contributed by atoms with Crippen molar-refractivity contribution in [3.05, 3.63) is 16.8 Å². The lowest BCUT2D eigenvalue weighted by molar-refractivity contribution is 0.143. The first-order valence-corrected chi connectivity index (χ1v) is 7.59. The number of aryl methyl sites for hydroxylation is 2. The van der Waals surface area contributed by atoms with Crippen LogP contribution in [0.5, 0.6) is 5.88 Å². The topological polar surface area (TPSA) is 61.0 Å². The summed E-state index contributed by atoms with van der Waals surface area (Å²) >= 11 is 1.70. The van der Waals surface area contributed by atoms with Crippen LogP contribution in [0.4, 0.5) is 0 Å². The third-order valence-electron chi connectivity index (χ3n) is 3.93. The minimum atomic E-state index is 0. The fraction of sp³-hybridized carbons (Fsp3) is 0.571. The van der Waals surface area contributed by atoms with Crippen molar-refractivity contribution in [2.75, 3.05) is 0 Å². The first kappa shape index (κ1) is 18.4. The summed E-state index contributed by atoms with van der Waals surface area (Å²) in [6.07, 6.45) is 5.98. The molecular formula is C14H21Cl2N3OS. The van der Waals surface area contributed by atoms with Gasteiger partial charge in [-0.1, -0.05) is 0 Å². The highest BCUT2D eigenvalue weighted by Gasteiger charge is 2.22. The molecule has 0 atom stereocenters. The van der Waals surface area contributed by atoms with E-state index < -0.39 is 0 Å². The summed E-state index contributed by atoms with van der Waals surface area (Å²) in [5.41, 5.74) is 7.17. The second-order valence-electron chi connectivity index (χ2n) is 5.30. The van der Waals surface area contributed by atoms with Crippen molar-refractivity contribution in [3.8, 4) is 5.88 Å². The zero-order valence-corrected chi connectivity index (χ0v) is 14.6. The van der Waals surface area contributed by atoms with E-state index in [0.29, 0.717) is 6.04 Å². The quantitative estimate of drug-likeness (QED) is 0.895. The molecule has 1 fully saturated rings. The molecule has 0 saturated heterocycles. The lowest BCUT2D eigenvalue weighted by Crippen LogP contribution is -2.31. The van der Waals surface area contributed by atoms with Crippen molar-refractivity contribution in [1.29, 1.82) is 0 Å². The number of nitrogens with zero attached hydrogens (tertiary/aromatic N) is 2. The van der Waals surface area contributed by atoms with E-state index >= 15 is 0 Å². The van der Waals surface area contributed by atoms with Crippen LogP contribution in [0.1, 0.15) is 36.1 Å². The number of aromatic nitrogens is 2. The van der Waals surface area contributed by atoms with Crippen LogP contribution in [0.3, 0.4) is 0 Å². The summed E-state index contributed by atoms with van der Waals surface area (Å²) in [6, 6.07) is 0.343. The molecule has 2 aromatic heterocycles. The van der Waals surface area contributed by atoms with E-state index in [-0.39, 0.29) is 30.9 Å². The summed E-state index contributed by atoms with van der Waals surface area (Å²) < 4.78 is 6.11. The van der Waals surface area contributed by atoms with Crippen LogP contribution in [0.25, 0.3) is 10.2 Å². The summed E-state index contributed by atoms with van der Waals surface area (Å²) in [5.74, 6) is 0.743. The maximum absolute atomic E-state index is 6.11. The molecule has 0 spiro atoms. The number of fused-ring (bicyclic) bond motifs is 1. The fourth-order valence-corrected chi connectivity index (χ4v) is 3.59. The SMILES string of the molecule is Cc1sc2ncnc(OC3CCC(N)CC3)c2c1C.Cl.Cl. The molecule has 1 aliphatic carbocycles. The molecule has 1 aliphatic rings. The van der Waals surface area contributed by atoms with Gasteiger partial charge in [0.2, 0.25) is 5.88 Å². The molecule has 1 saturated carbocycles. The smallest absolute Gasteiger partial charge is 0.225 e. The van der Waals surface area contributed by atoms with Gasteiger partial charge in [0, 0.05) is 10.9 Å². The van der Waals surface area contributed by atoms with Crippen molar-refractivity contribution >= 4 is 46.4 Å². The van der Waals surface area contributed by atoms with E-state index in [1.807, 2.05) is 0 Å². The van der Waals surface area contributed by atoms with Crippen LogP contribution in [-0.4, -0.2) is 22.1 Å². The van der Waals surface area contributed by atoms with Gasteiger partial charge in [-0.25, -0.2) is 9.97 Å². The lowest BCUT2D eigenvalue weighted by Gasteiger charge is -2.26. The van der Waals surface area contributed by atoms with Gasteiger partial charge in [0.25, 0.3) is 0 Å². The Kier molecular flexibility index (Phi) is 6.66. The van der Waals surface area contributed by atoms with Crippen LogP contribution in [0, 0.1) is 13.8 Å². The van der Waals surface area contributed by atoms with Gasteiger partial charge >= 0.3 is 0 Å². The number of halogens is 2. The average Bonchev–Trinajstić information content (AvgIpc) is 2.69.